The SMILES string of the molecule is c1ccc(-c2nc(-c3ccccc3)nc(-c3ccc(-n4c5ccccc5c5nc6c7ccccc7n(-c7ccccc7)c6cc54)cc3)n2)cc1. The molecule has 6 heteroatoms. The topological polar surface area (TPSA) is 61.4 Å². The summed E-state index contributed by atoms with van der Waals surface area (Å²) in [5.41, 5.74) is 11.3. The molecule has 0 N–H and O–H groups in total. The maximum atomic E-state index is 5.40. The minimum Gasteiger partial charge on any atom is -0.308 e. The van der Waals surface area contributed by atoms with Crippen molar-refractivity contribution in [2.24, 2.45) is 0 Å². The van der Waals surface area contributed by atoms with Gasteiger partial charge in [-0.1, -0.05) is 115 Å². The minimum absolute atomic E-state index is 0.627. The van der Waals surface area contributed by atoms with E-state index in [9.17, 15) is 0 Å². The predicted octanol–water partition coefficient (Wildman–Crippen LogP) is 10.5. The number of hydrogen-bond donors (Lipinski definition) is 0. The molecule has 10 aromatic rings. The largest absolute Gasteiger partial charge is 0.308 e. The summed E-state index contributed by atoms with van der Waals surface area (Å²) < 4.78 is 4.63. The van der Waals surface area contributed by atoms with Gasteiger partial charge in [-0.05, 0) is 54.6 Å². The Morgan fingerprint density at radius 1 is 0.300 bits per heavy atom. The van der Waals surface area contributed by atoms with E-state index < -0.39 is 0 Å². The van der Waals surface area contributed by atoms with Crippen LogP contribution in [0, 0.1) is 0 Å². The summed E-state index contributed by atoms with van der Waals surface area (Å²) in [5.74, 6) is 1.91. The molecule has 0 fully saturated rings. The highest BCUT2D eigenvalue weighted by Gasteiger charge is 2.20. The lowest BCUT2D eigenvalue weighted by molar-refractivity contribution is 1.07. The Morgan fingerprint density at radius 3 is 1.16 bits per heavy atom. The van der Waals surface area contributed by atoms with E-state index in [0.717, 1.165) is 71.9 Å². The van der Waals surface area contributed by atoms with Crippen molar-refractivity contribution in [2.75, 3.05) is 0 Å². The van der Waals surface area contributed by atoms with Crippen LogP contribution < -0.4 is 0 Å². The second-order valence-electron chi connectivity index (χ2n) is 12.3. The van der Waals surface area contributed by atoms with E-state index >= 15 is 0 Å². The molecule has 234 valence electrons. The van der Waals surface area contributed by atoms with Gasteiger partial charge in [-0.25, -0.2) is 19.9 Å². The van der Waals surface area contributed by atoms with E-state index in [-0.39, 0.29) is 0 Å². The Morgan fingerprint density at radius 2 is 0.680 bits per heavy atom. The summed E-state index contributed by atoms with van der Waals surface area (Å²) in [6.07, 6.45) is 0. The first kappa shape index (κ1) is 28.1. The molecule has 10 rings (SSSR count). The average molecular weight is 641 g/mol. The molecule has 0 aliphatic rings. The molecule has 0 aliphatic heterocycles. The van der Waals surface area contributed by atoms with E-state index in [4.69, 9.17) is 19.9 Å². The molecule has 0 spiro atoms. The zero-order valence-electron chi connectivity index (χ0n) is 26.8. The quantitative estimate of drug-likeness (QED) is 0.188. The number of pyridine rings is 1. The Labute approximate surface area is 287 Å². The molecule has 0 atom stereocenters. The van der Waals surface area contributed by atoms with Crippen molar-refractivity contribution in [3.63, 3.8) is 0 Å². The normalized spacial score (nSPS) is 11.6. The number of fused-ring (bicyclic) bond motifs is 6. The van der Waals surface area contributed by atoms with Gasteiger partial charge in [0.05, 0.1) is 33.1 Å². The highest BCUT2D eigenvalue weighted by Crippen LogP contribution is 2.38. The van der Waals surface area contributed by atoms with Crippen LogP contribution in [0.5, 0.6) is 0 Å². The first-order chi connectivity index (χ1) is 24.8. The monoisotopic (exact) mass is 640 g/mol. The second kappa shape index (κ2) is 11.4. The van der Waals surface area contributed by atoms with Crippen LogP contribution in [0.4, 0.5) is 0 Å². The number of benzene rings is 6. The minimum atomic E-state index is 0.627. The molecule has 4 aromatic heterocycles. The third-order valence-electron chi connectivity index (χ3n) is 9.36. The molecule has 0 amide bonds. The Balaban J connectivity index is 1.17. The highest BCUT2D eigenvalue weighted by atomic mass is 15.0. The molecule has 0 saturated carbocycles. The standard InChI is InChI=1S/C44H28N6/c1-4-14-29(15-5-1)42-46-43(30-16-6-2-7-17-30)48-44(47-42)31-24-26-33(27-25-31)50-37-23-13-11-21-35(37)41-39(50)28-38-40(45-41)34-20-10-12-22-36(34)49(38)32-18-8-3-9-19-32/h1-28H. The van der Waals surface area contributed by atoms with E-state index in [1.807, 2.05) is 60.7 Å². The Hall–Kier alpha value is -6.92. The number of aromatic nitrogens is 6. The third kappa shape index (κ3) is 4.50. The third-order valence-corrected chi connectivity index (χ3v) is 9.36. The van der Waals surface area contributed by atoms with Crippen LogP contribution in [0.25, 0.3) is 89.4 Å². The number of hydrogen-bond acceptors (Lipinski definition) is 4. The molecule has 0 saturated heterocycles. The summed E-state index contributed by atoms with van der Waals surface area (Å²) in [4.78, 5) is 20.1. The summed E-state index contributed by atoms with van der Waals surface area (Å²) in [5, 5.41) is 2.25. The van der Waals surface area contributed by atoms with Gasteiger partial charge < -0.3 is 9.13 Å². The predicted molar refractivity (Wildman–Crippen MR) is 203 cm³/mol. The Bertz CT molecular complexity index is 2780. The van der Waals surface area contributed by atoms with Crippen molar-refractivity contribution in [2.45, 2.75) is 0 Å². The smallest absolute Gasteiger partial charge is 0.164 e. The first-order valence-electron chi connectivity index (χ1n) is 16.7. The zero-order valence-corrected chi connectivity index (χ0v) is 26.8. The van der Waals surface area contributed by atoms with Crippen molar-refractivity contribution in [1.82, 2.24) is 29.1 Å². The van der Waals surface area contributed by atoms with E-state index in [2.05, 4.69) is 118 Å². The molecule has 6 aromatic carbocycles. The fourth-order valence-electron chi connectivity index (χ4n) is 7.06. The molecule has 0 aliphatic carbocycles. The lowest BCUT2D eigenvalue weighted by Crippen LogP contribution is -2.00. The molecule has 50 heavy (non-hydrogen) atoms. The molecule has 6 nitrogen and oxygen atoms in total. The number of nitrogens with zero attached hydrogens (tertiary/aromatic N) is 6. The summed E-state index contributed by atoms with van der Waals surface area (Å²) in [7, 11) is 0. The van der Waals surface area contributed by atoms with Gasteiger partial charge in [-0.3, -0.25) is 0 Å². The maximum absolute atomic E-state index is 5.40. The van der Waals surface area contributed by atoms with Crippen LogP contribution in [0.3, 0.4) is 0 Å². The van der Waals surface area contributed by atoms with Crippen LogP contribution in [0.2, 0.25) is 0 Å². The maximum Gasteiger partial charge on any atom is 0.164 e. The van der Waals surface area contributed by atoms with Crippen molar-refractivity contribution in [1.29, 1.82) is 0 Å². The Kier molecular flexibility index (Phi) is 6.39. The number of para-hydroxylation sites is 3. The van der Waals surface area contributed by atoms with Gasteiger partial charge in [0, 0.05) is 38.8 Å². The zero-order chi connectivity index (χ0) is 33.0. The van der Waals surface area contributed by atoms with Crippen LogP contribution in [0.15, 0.2) is 170 Å². The van der Waals surface area contributed by atoms with Crippen LogP contribution in [-0.2, 0) is 0 Å². The number of rotatable bonds is 5. The van der Waals surface area contributed by atoms with Gasteiger partial charge in [0.25, 0.3) is 0 Å². The van der Waals surface area contributed by atoms with Crippen molar-refractivity contribution in [3.8, 4) is 45.5 Å². The average Bonchev–Trinajstić information content (AvgIpc) is 3.70. The van der Waals surface area contributed by atoms with Crippen LogP contribution in [-0.4, -0.2) is 29.1 Å². The summed E-state index contributed by atoms with van der Waals surface area (Å²) in [6, 6.07) is 58.5. The lowest BCUT2D eigenvalue weighted by atomic mass is 10.1. The van der Waals surface area contributed by atoms with Gasteiger partial charge in [0.2, 0.25) is 0 Å². The van der Waals surface area contributed by atoms with Gasteiger partial charge in [0.1, 0.15) is 0 Å². The fourth-order valence-corrected chi connectivity index (χ4v) is 7.06. The van der Waals surface area contributed by atoms with Gasteiger partial charge in [-0.2, -0.15) is 0 Å². The van der Waals surface area contributed by atoms with Gasteiger partial charge in [0.15, 0.2) is 17.5 Å². The fraction of sp³-hybridized carbons (Fsp3) is 0. The van der Waals surface area contributed by atoms with Gasteiger partial charge >= 0.3 is 0 Å². The first-order valence-corrected chi connectivity index (χ1v) is 16.7. The van der Waals surface area contributed by atoms with Gasteiger partial charge in [-0.15, -0.1) is 0 Å². The molecular weight excluding hydrogens is 613 g/mol. The second-order valence-corrected chi connectivity index (χ2v) is 12.3. The van der Waals surface area contributed by atoms with Crippen LogP contribution >= 0.6 is 0 Å². The molecule has 4 heterocycles. The van der Waals surface area contributed by atoms with Crippen molar-refractivity contribution in [3.05, 3.63) is 170 Å². The summed E-state index contributed by atoms with van der Waals surface area (Å²) >= 11 is 0. The molecule has 0 radical (unpaired) electrons. The molecular formula is C44H28N6. The summed E-state index contributed by atoms with van der Waals surface area (Å²) in [6.45, 7) is 0. The lowest BCUT2D eigenvalue weighted by Gasteiger charge is -2.11. The van der Waals surface area contributed by atoms with E-state index in [1.54, 1.807) is 0 Å². The van der Waals surface area contributed by atoms with Crippen LogP contribution in [0.1, 0.15) is 0 Å². The van der Waals surface area contributed by atoms with Crippen molar-refractivity contribution < 1.29 is 0 Å². The molecule has 0 unspecified atom stereocenters. The molecule has 0 bridgehead atoms. The van der Waals surface area contributed by atoms with Crippen molar-refractivity contribution >= 4 is 43.9 Å². The van der Waals surface area contributed by atoms with E-state index in [1.165, 1.54) is 0 Å². The van der Waals surface area contributed by atoms with E-state index in [0.29, 0.717) is 17.5 Å². The highest BCUT2D eigenvalue weighted by molar-refractivity contribution is 6.15.